The molecule has 4 nitrogen and oxygen atoms in total. The molecule has 0 aliphatic heterocycles. The number of carbonyl (C=O) groups excluding carboxylic acids is 3. The van der Waals surface area contributed by atoms with Crippen molar-refractivity contribution in [3.05, 3.63) is 57.8 Å². The van der Waals surface area contributed by atoms with Gasteiger partial charge in [0, 0.05) is 5.56 Å². The fourth-order valence-electron chi connectivity index (χ4n) is 2.37. The first kappa shape index (κ1) is 14.4. The fourth-order valence-corrected chi connectivity index (χ4v) is 3.51. The number of esters is 1. The zero-order valence-corrected chi connectivity index (χ0v) is 12.6. The summed E-state index contributed by atoms with van der Waals surface area (Å²) in [6.07, 6.45) is 2.49. The topological polar surface area (TPSA) is 60.4 Å². The smallest absolute Gasteiger partial charge is 0.348 e. The predicted molar refractivity (Wildman–Crippen MR) is 83.5 cm³/mol. The third-order valence-corrected chi connectivity index (χ3v) is 4.47. The zero-order chi connectivity index (χ0) is 15.7. The number of rotatable bonds is 3. The average Bonchev–Trinajstić information content (AvgIpc) is 2.94. The molecule has 5 heteroatoms. The van der Waals surface area contributed by atoms with Crippen molar-refractivity contribution in [2.75, 3.05) is 6.61 Å². The second kappa shape index (κ2) is 5.69. The van der Waals surface area contributed by atoms with Gasteiger partial charge in [-0.25, -0.2) is 4.79 Å². The lowest BCUT2D eigenvalue weighted by Gasteiger charge is -2.08. The van der Waals surface area contributed by atoms with E-state index in [1.54, 1.807) is 19.1 Å². The Balaban J connectivity index is 2.28. The van der Waals surface area contributed by atoms with Gasteiger partial charge in [0.15, 0.2) is 11.6 Å². The van der Waals surface area contributed by atoms with Gasteiger partial charge in [0.05, 0.1) is 17.0 Å². The predicted octanol–water partition coefficient (Wildman–Crippen LogP) is 3.53. The van der Waals surface area contributed by atoms with E-state index in [-0.39, 0.29) is 18.2 Å². The highest BCUT2D eigenvalue weighted by Crippen LogP contribution is 2.39. The number of hydrogen-bond acceptors (Lipinski definition) is 5. The molecule has 0 amide bonds. The number of allylic oxidation sites excluding steroid dienone is 2. The number of fused-ring (bicyclic) bond motifs is 1. The third kappa shape index (κ3) is 2.29. The maximum absolute atomic E-state index is 12.2. The molecule has 1 heterocycles. The molecule has 1 aliphatic rings. The van der Waals surface area contributed by atoms with E-state index in [9.17, 15) is 14.4 Å². The number of ketones is 2. The van der Waals surface area contributed by atoms with Crippen LogP contribution >= 0.6 is 11.3 Å². The van der Waals surface area contributed by atoms with Crippen LogP contribution in [0.4, 0.5) is 0 Å². The van der Waals surface area contributed by atoms with Crippen LogP contribution in [0.3, 0.4) is 0 Å². The minimum atomic E-state index is -0.513. The minimum absolute atomic E-state index is 0.232. The monoisotopic (exact) mass is 312 g/mol. The van der Waals surface area contributed by atoms with Crippen molar-refractivity contribution in [1.29, 1.82) is 0 Å². The maximum Gasteiger partial charge on any atom is 0.348 e. The van der Waals surface area contributed by atoms with Crippen LogP contribution in [0.15, 0.2) is 42.5 Å². The van der Waals surface area contributed by atoms with Gasteiger partial charge in [-0.15, -0.1) is 11.3 Å². The summed E-state index contributed by atoms with van der Waals surface area (Å²) in [5.74, 6) is -1.03. The molecule has 0 saturated heterocycles. The number of thiophene rings is 1. The summed E-state index contributed by atoms with van der Waals surface area (Å²) in [4.78, 5) is 37.1. The Kier molecular flexibility index (Phi) is 3.73. The normalized spacial score (nSPS) is 13.1. The lowest BCUT2D eigenvalue weighted by Crippen LogP contribution is -2.09. The van der Waals surface area contributed by atoms with Crippen molar-refractivity contribution in [2.24, 2.45) is 0 Å². The van der Waals surface area contributed by atoms with E-state index in [2.05, 4.69) is 0 Å². The van der Waals surface area contributed by atoms with Crippen LogP contribution in [0.1, 0.15) is 36.6 Å². The molecule has 1 aliphatic carbocycles. The molecule has 1 aromatic heterocycles. The molecule has 0 saturated carbocycles. The first-order chi connectivity index (χ1) is 10.6. The Morgan fingerprint density at radius 2 is 1.73 bits per heavy atom. The van der Waals surface area contributed by atoms with Crippen LogP contribution in [0.2, 0.25) is 0 Å². The van der Waals surface area contributed by atoms with E-state index >= 15 is 0 Å². The molecule has 0 N–H and O–H groups in total. The van der Waals surface area contributed by atoms with Gasteiger partial charge in [-0.3, -0.25) is 9.59 Å². The van der Waals surface area contributed by atoms with Gasteiger partial charge in [0.1, 0.15) is 4.88 Å². The number of carbonyl (C=O) groups is 3. The van der Waals surface area contributed by atoms with Crippen LogP contribution in [0.25, 0.3) is 11.1 Å². The standard InChI is InChI=1S/C17H12O4S/c1-2-21-17(20)16-13(10-6-4-3-5-7-10)14-11(18)8-9-12(19)15(14)22-16/h3-9H,2H2,1H3. The molecule has 0 bridgehead atoms. The summed E-state index contributed by atoms with van der Waals surface area (Å²) < 4.78 is 5.07. The van der Waals surface area contributed by atoms with Crippen molar-refractivity contribution in [1.82, 2.24) is 0 Å². The van der Waals surface area contributed by atoms with Gasteiger partial charge < -0.3 is 4.74 Å². The highest BCUT2D eigenvalue weighted by Gasteiger charge is 2.31. The molecule has 22 heavy (non-hydrogen) atoms. The Morgan fingerprint density at radius 1 is 1.05 bits per heavy atom. The van der Waals surface area contributed by atoms with Crippen molar-refractivity contribution < 1.29 is 19.1 Å². The third-order valence-electron chi connectivity index (χ3n) is 3.29. The molecule has 0 unspecified atom stereocenters. The Hall–Kier alpha value is -2.53. The van der Waals surface area contributed by atoms with E-state index in [0.29, 0.717) is 20.9 Å². The molecule has 110 valence electrons. The van der Waals surface area contributed by atoms with Crippen LogP contribution in [-0.2, 0) is 4.74 Å². The average molecular weight is 312 g/mol. The molecule has 0 spiro atoms. The number of benzene rings is 1. The van der Waals surface area contributed by atoms with E-state index in [1.807, 2.05) is 18.2 Å². The largest absolute Gasteiger partial charge is 0.462 e. The SMILES string of the molecule is CCOC(=O)c1sc2c(c1-c1ccccc1)C(=O)C=CC2=O. The van der Waals surface area contributed by atoms with E-state index in [1.165, 1.54) is 12.2 Å². The van der Waals surface area contributed by atoms with E-state index in [4.69, 9.17) is 4.74 Å². The molecule has 0 atom stereocenters. The molecule has 2 aromatic rings. The van der Waals surface area contributed by atoms with Crippen LogP contribution in [0.5, 0.6) is 0 Å². The summed E-state index contributed by atoms with van der Waals surface area (Å²) in [5.41, 5.74) is 1.51. The molecule has 1 aromatic carbocycles. The van der Waals surface area contributed by atoms with Crippen LogP contribution in [0, 0.1) is 0 Å². The summed E-state index contributed by atoms with van der Waals surface area (Å²) in [7, 11) is 0. The van der Waals surface area contributed by atoms with E-state index in [0.717, 1.165) is 16.9 Å². The summed E-state index contributed by atoms with van der Waals surface area (Å²) in [6.45, 7) is 1.95. The van der Waals surface area contributed by atoms with Crippen molar-refractivity contribution in [3.63, 3.8) is 0 Å². The molecule has 3 rings (SSSR count). The van der Waals surface area contributed by atoms with Gasteiger partial charge >= 0.3 is 5.97 Å². The highest BCUT2D eigenvalue weighted by atomic mass is 32.1. The van der Waals surface area contributed by atoms with Gasteiger partial charge in [0.25, 0.3) is 0 Å². The fraction of sp³-hybridized carbons (Fsp3) is 0.118. The Morgan fingerprint density at radius 3 is 2.41 bits per heavy atom. The van der Waals surface area contributed by atoms with E-state index < -0.39 is 5.97 Å². The molecular formula is C17H12O4S. The van der Waals surface area contributed by atoms with Gasteiger partial charge in [-0.05, 0) is 24.6 Å². The second-order valence-electron chi connectivity index (χ2n) is 4.66. The summed E-state index contributed by atoms with van der Waals surface area (Å²) >= 11 is 1.02. The maximum atomic E-state index is 12.2. The Bertz CT molecular complexity index is 800. The highest BCUT2D eigenvalue weighted by molar-refractivity contribution is 7.17. The quantitative estimate of drug-likeness (QED) is 0.814. The number of hydrogen-bond donors (Lipinski definition) is 0. The number of ether oxygens (including phenoxy) is 1. The van der Waals surface area contributed by atoms with Gasteiger partial charge in [0.2, 0.25) is 0 Å². The molecule has 0 fully saturated rings. The first-order valence-corrected chi connectivity index (χ1v) is 7.61. The molecular weight excluding hydrogens is 300 g/mol. The summed E-state index contributed by atoms with van der Waals surface area (Å²) in [5, 5.41) is 0. The first-order valence-electron chi connectivity index (χ1n) is 6.79. The van der Waals surface area contributed by atoms with Crippen molar-refractivity contribution in [3.8, 4) is 11.1 Å². The summed E-state index contributed by atoms with van der Waals surface area (Å²) in [6, 6.07) is 9.10. The van der Waals surface area contributed by atoms with Crippen molar-refractivity contribution in [2.45, 2.75) is 6.92 Å². The van der Waals surface area contributed by atoms with Crippen LogP contribution < -0.4 is 0 Å². The van der Waals surface area contributed by atoms with Crippen molar-refractivity contribution >= 4 is 28.9 Å². The minimum Gasteiger partial charge on any atom is -0.462 e. The zero-order valence-electron chi connectivity index (χ0n) is 11.8. The lowest BCUT2D eigenvalue weighted by atomic mass is 9.93. The Labute approximate surface area is 131 Å². The molecule has 0 radical (unpaired) electrons. The van der Waals surface area contributed by atoms with Gasteiger partial charge in [-0.1, -0.05) is 30.3 Å². The lowest BCUT2D eigenvalue weighted by molar-refractivity contribution is 0.0533. The van der Waals surface area contributed by atoms with Crippen LogP contribution in [-0.4, -0.2) is 24.1 Å². The second-order valence-corrected chi connectivity index (χ2v) is 5.68. The van der Waals surface area contributed by atoms with Gasteiger partial charge in [-0.2, -0.15) is 0 Å².